The molecule has 0 N–H and O–H groups in total. The molecule has 0 atom stereocenters. The minimum Gasteiger partial charge on any atom is -0.250 e. The zero-order valence-electron chi connectivity index (χ0n) is 7.94. The molecule has 15 heavy (non-hydrogen) atoms. The molecule has 2 heteroatoms. The number of fused-ring (bicyclic) bond motifs is 3. The quantitative estimate of drug-likeness (QED) is 0.348. The van der Waals surface area contributed by atoms with E-state index in [0.717, 1.165) is 3.70 Å². The van der Waals surface area contributed by atoms with Gasteiger partial charge in [0.2, 0.25) is 0 Å². The Morgan fingerprint density at radius 3 is 2.60 bits per heavy atom. The van der Waals surface area contributed by atoms with Gasteiger partial charge in [0.25, 0.3) is 0 Å². The molecule has 0 unspecified atom stereocenters. The highest BCUT2D eigenvalue weighted by atomic mass is 127. The predicted molar refractivity (Wildman–Crippen MR) is 72.0 cm³/mol. The smallest absolute Gasteiger partial charge is 0.101 e. The summed E-state index contributed by atoms with van der Waals surface area (Å²) in [5, 5.41) is 5.04. The van der Waals surface area contributed by atoms with Crippen molar-refractivity contribution >= 4 is 44.1 Å². The maximum absolute atomic E-state index is 4.34. The number of hydrogen-bond acceptors (Lipinski definition) is 1. The van der Waals surface area contributed by atoms with E-state index < -0.39 is 0 Å². The number of nitrogens with zero attached hydrogens (tertiary/aromatic N) is 1. The van der Waals surface area contributed by atoms with Crippen LogP contribution >= 0.6 is 22.6 Å². The molecule has 1 nitrogen and oxygen atoms in total. The highest BCUT2D eigenvalue weighted by Gasteiger charge is 2.00. The van der Waals surface area contributed by atoms with Gasteiger partial charge < -0.3 is 0 Å². The van der Waals surface area contributed by atoms with E-state index in [2.05, 4.69) is 70.0 Å². The largest absolute Gasteiger partial charge is 0.250 e. The lowest BCUT2D eigenvalue weighted by atomic mass is 10.0. The van der Waals surface area contributed by atoms with Crippen LogP contribution in [0, 0.1) is 3.70 Å². The fraction of sp³-hybridized carbons (Fsp3) is 0. The maximum atomic E-state index is 4.34. The number of benzene rings is 2. The summed E-state index contributed by atoms with van der Waals surface area (Å²) in [5.41, 5.74) is 0. The summed E-state index contributed by atoms with van der Waals surface area (Å²) < 4.78 is 1.04. The number of pyridine rings is 1. The zero-order valence-corrected chi connectivity index (χ0v) is 10.1. The van der Waals surface area contributed by atoms with Crippen molar-refractivity contribution in [2.75, 3.05) is 0 Å². The van der Waals surface area contributed by atoms with Crippen LogP contribution in [0.15, 0.2) is 48.7 Å². The normalized spacial score (nSPS) is 11.0. The summed E-state index contributed by atoms with van der Waals surface area (Å²) in [6.07, 6.45) is 1.96. The third-order valence-corrected chi connectivity index (χ3v) is 3.19. The van der Waals surface area contributed by atoms with E-state index in [1.807, 2.05) is 6.20 Å². The molecular weight excluding hydrogens is 297 g/mol. The molecule has 3 aromatic rings. The third-order valence-electron chi connectivity index (χ3n) is 2.60. The van der Waals surface area contributed by atoms with Crippen LogP contribution in [0.3, 0.4) is 0 Å². The predicted octanol–water partition coefficient (Wildman–Crippen LogP) is 3.99. The topological polar surface area (TPSA) is 12.9 Å². The van der Waals surface area contributed by atoms with E-state index in [1.54, 1.807) is 0 Å². The van der Waals surface area contributed by atoms with E-state index >= 15 is 0 Å². The first-order valence-corrected chi connectivity index (χ1v) is 5.85. The second-order valence-corrected chi connectivity index (χ2v) is 4.62. The number of halogens is 1. The molecule has 0 aliphatic carbocycles. The fourth-order valence-corrected chi connectivity index (χ4v) is 2.35. The summed E-state index contributed by atoms with van der Waals surface area (Å²) in [6.45, 7) is 0. The van der Waals surface area contributed by atoms with Gasteiger partial charge in [-0.1, -0.05) is 36.4 Å². The minimum atomic E-state index is 1.04. The Morgan fingerprint density at radius 2 is 1.67 bits per heavy atom. The van der Waals surface area contributed by atoms with E-state index in [-0.39, 0.29) is 0 Å². The first-order valence-electron chi connectivity index (χ1n) is 4.77. The fourth-order valence-electron chi connectivity index (χ4n) is 1.87. The van der Waals surface area contributed by atoms with Gasteiger partial charge in [-0.3, -0.25) is 0 Å². The van der Waals surface area contributed by atoms with Gasteiger partial charge in [0, 0.05) is 11.6 Å². The van der Waals surface area contributed by atoms with E-state index in [1.165, 1.54) is 21.5 Å². The number of hydrogen-bond donors (Lipinski definition) is 0. The first kappa shape index (κ1) is 9.09. The molecule has 0 fully saturated rings. The molecule has 0 amide bonds. The Balaban J connectivity index is 2.55. The zero-order chi connectivity index (χ0) is 10.3. The number of rotatable bonds is 0. The van der Waals surface area contributed by atoms with Gasteiger partial charge in [-0.2, -0.15) is 0 Å². The average molecular weight is 305 g/mol. The molecule has 2 aromatic carbocycles. The second-order valence-electron chi connectivity index (χ2n) is 3.51. The standard InChI is InChI=1S/C13H8IN/c14-13-7-10-6-5-9-3-1-2-4-11(9)12(10)8-15-13/h1-8H. The van der Waals surface area contributed by atoms with E-state index in [0.29, 0.717) is 0 Å². The summed E-state index contributed by atoms with van der Waals surface area (Å²) in [7, 11) is 0. The molecule has 0 saturated heterocycles. The van der Waals surface area contributed by atoms with E-state index in [4.69, 9.17) is 0 Å². The molecule has 0 bridgehead atoms. The van der Waals surface area contributed by atoms with Crippen LogP contribution < -0.4 is 0 Å². The Morgan fingerprint density at radius 1 is 0.867 bits per heavy atom. The van der Waals surface area contributed by atoms with E-state index in [9.17, 15) is 0 Å². The summed E-state index contributed by atoms with van der Waals surface area (Å²) in [5.74, 6) is 0. The van der Waals surface area contributed by atoms with Crippen molar-refractivity contribution in [1.82, 2.24) is 4.98 Å². The molecule has 72 valence electrons. The lowest BCUT2D eigenvalue weighted by Crippen LogP contribution is -1.82. The molecule has 0 radical (unpaired) electrons. The Labute approximate surface area is 101 Å². The van der Waals surface area contributed by atoms with Crippen LogP contribution in [0.5, 0.6) is 0 Å². The molecule has 0 aliphatic rings. The van der Waals surface area contributed by atoms with Gasteiger partial charge in [0.1, 0.15) is 3.70 Å². The summed E-state index contributed by atoms with van der Waals surface area (Å²) >= 11 is 2.24. The maximum Gasteiger partial charge on any atom is 0.101 e. The second kappa shape index (κ2) is 3.45. The van der Waals surface area contributed by atoms with Crippen LogP contribution in [0.25, 0.3) is 21.5 Å². The highest BCUT2D eigenvalue weighted by molar-refractivity contribution is 14.1. The molecule has 0 aliphatic heterocycles. The molecular formula is C13H8IN. The van der Waals surface area contributed by atoms with Crippen molar-refractivity contribution in [1.29, 1.82) is 0 Å². The van der Waals surface area contributed by atoms with Crippen LogP contribution in [0.2, 0.25) is 0 Å². The minimum absolute atomic E-state index is 1.04. The van der Waals surface area contributed by atoms with Gasteiger partial charge in [0.05, 0.1) is 0 Å². The number of aromatic nitrogens is 1. The van der Waals surface area contributed by atoms with Crippen molar-refractivity contribution in [3.8, 4) is 0 Å². The molecule has 0 spiro atoms. The summed E-state index contributed by atoms with van der Waals surface area (Å²) in [4.78, 5) is 4.34. The van der Waals surface area contributed by atoms with Crippen molar-refractivity contribution < 1.29 is 0 Å². The molecule has 3 rings (SSSR count). The van der Waals surface area contributed by atoms with Crippen LogP contribution in [0.1, 0.15) is 0 Å². The Bertz CT molecular complexity index is 646. The Hall–Kier alpha value is -1.16. The third kappa shape index (κ3) is 1.49. The molecule has 0 saturated carbocycles. The Kier molecular flexibility index (Phi) is 2.09. The van der Waals surface area contributed by atoms with Crippen molar-refractivity contribution in [3.05, 3.63) is 52.4 Å². The van der Waals surface area contributed by atoms with Gasteiger partial charge >= 0.3 is 0 Å². The van der Waals surface area contributed by atoms with Crippen molar-refractivity contribution in [2.45, 2.75) is 0 Å². The van der Waals surface area contributed by atoms with Gasteiger partial charge in [-0.05, 0) is 44.8 Å². The van der Waals surface area contributed by atoms with Crippen LogP contribution in [-0.4, -0.2) is 4.98 Å². The van der Waals surface area contributed by atoms with Crippen LogP contribution in [0.4, 0.5) is 0 Å². The van der Waals surface area contributed by atoms with Crippen LogP contribution in [-0.2, 0) is 0 Å². The monoisotopic (exact) mass is 305 g/mol. The SMILES string of the molecule is Ic1cc2ccc3ccccc3c2cn1. The summed E-state index contributed by atoms with van der Waals surface area (Å²) in [6, 6.07) is 14.8. The lowest BCUT2D eigenvalue weighted by molar-refractivity contribution is 1.31. The van der Waals surface area contributed by atoms with Gasteiger partial charge in [-0.25, -0.2) is 4.98 Å². The van der Waals surface area contributed by atoms with Crippen molar-refractivity contribution in [2.24, 2.45) is 0 Å². The van der Waals surface area contributed by atoms with Crippen molar-refractivity contribution in [3.63, 3.8) is 0 Å². The highest BCUT2D eigenvalue weighted by Crippen LogP contribution is 2.25. The van der Waals surface area contributed by atoms with Gasteiger partial charge in [-0.15, -0.1) is 0 Å². The molecule has 1 aromatic heterocycles. The van der Waals surface area contributed by atoms with Gasteiger partial charge in [0.15, 0.2) is 0 Å². The average Bonchev–Trinajstić information content (AvgIpc) is 2.28. The molecule has 1 heterocycles. The lowest BCUT2D eigenvalue weighted by Gasteiger charge is -2.03. The first-order chi connectivity index (χ1) is 7.34.